The molecule has 0 N–H and O–H groups in total. The molecule has 3 aromatic rings. The molecule has 19 heavy (non-hydrogen) atoms. The van der Waals surface area contributed by atoms with Crippen molar-refractivity contribution in [3.05, 3.63) is 65.2 Å². The van der Waals surface area contributed by atoms with Crippen molar-refractivity contribution in [3.63, 3.8) is 0 Å². The van der Waals surface area contributed by atoms with E-state index in [1.807, 2.05) is 32.0 Å². The smallest absolute Gasteiger partial charge is 0.230 e. The number of ketones is 1. The molecule has 0 bridgehead atoms. The summed E-state index contributed by atoms with van der Waals surface area (Å²) in [6.45, 7) is 3.79. The summed E-state index contributed by atoms with van der Waals surface area (Å²) in [4.78, 5) is 16.5. The van der Waals surface area contributed by atoms with Crippen molar-refractivity contribution < 1.29 is 9.21 Å². The van der Waals surface area contributed by atoms with Crippen LogP contribution in [0.15, 0.2) is 47.0 Å². The van der Waals surface area contributed by atoms with Gasteiger partial charge < -0.3 is 4.42 Å². The number of hydrogen-bond donors (Lipinski definition) is 0. The Morgan fingerprint density at radius 1 is 1.16 bits per heavy atom. The second-order valence-electron chi connectivity index (χ2n) is 4.57. The lowest BCUT2D eigenvalue weighted by Gasteiger charge is -2.00. The Morgan fingerprint density at radius 3 is 2.74 bits per heavy atom. The van der Waals surface area contributed by atoms with E-state index < -0.39 is 0 Å². The summed E-state index contributed by atoms with van der Waals surface area (Å²) in [5.74, 6) is 0.238. The molecule has 0 amide bonds. The zero-order valence-electron chi connectivity index (χ0n) is 10.8. The maximum atomic E-state index is 12.4. The van der Waals surface area contributed by atoms with Gasteiger partial charge in [0.1, 0.15) is 5.58 Å². The Hall–Kier alpha value is -2.42. The van der Waals surface area contributed by atoms with Crippen LogP contribution in [0.3, 0.4) is 0 Å². The third kappa shape index (κ3) is 1.93. The van der Waals surface area contributed by atoms with Gasteiger partial charge in [0.2, 0.25) is 5.78 Å². The average Bonchev–Trinajstić information content (AvgIpc) is 2.84. The number of nitrogens with zero attached hydrogens (tertiary/aromatic N) is 1. The summed E-state index contributed by atoms with van der Waals surface area (Å²) in [6, 6.07) is 11.2. The van der Waals surface area contributed by atoms with E-state index in [9.17, 15) is 4.79 Å². The van der Waals surface area contributed by atoms with Crippen LogP contribution in [-0.4, -0.2) is 10.8 Å². The Labute approximate surface area is 110 Å². The van der Waals surface area contributed by atoms with E-state index in [2.05, 4.69) is 4.98 Å². The molecule has 0 aliphatic heterocycles. The van der Waals surface area contributed by atoms with Gasteiger partial charge >= 0.3 is 0 Å². The summed E-state index contributed by atoms with van der Waals surface area (Å²) in [5, 5.41) is 0.949. The highest BCUT2D eigenvalue weighted by atomic mass is 16.3. The van der Waals surface area contributed by atoms with Crippen molar-refractivity contribution in [2.45, 2.75) is 13.8 Å². The van der Waals surface area contributed by atoms with Crippen LogP contribution >= 0.6 is 0 Å². The normalized spacial score (nSPS) is 10.8. The van der Waals surface area contributed by atoms with Crippen LogP contribution in [0.1, 0.15) is 27.4 Å². The minimum absolute atomic E-state index is 0.124. The minimum Gasteiger partial charge on any atom is -0.452 e. The summed E-state index contributed by atoms with van der Waals surface area (Å²) in [6.07, 6.45) is 1.68. The molecule has 3 nitrogen and oxygen atoms in total. The van der Waals surface area contributed by atoms with Gasteiger partial charge in [-0.3, -0.25) is 9.78 Å². The van der Waals surface area contributed by atoms with Crippen LogP contribution in [0, 0.1) is 13.8 Å². The number of hydrogen-bond acceptors (Lipinski definition) is 3. The predicted octanol–water partition coefficient (Wildman–Crippen LogP) is 3.68. The van der Waals surface area contributed by atoms with Gasteiger partial charge in [0, 0.05) is 22.8 Å². The molecule has 0 radical (unpaired) electrons. The molecule has 3 heteroatoms. The quantitative estimate of drug-likeness (QED) is 0.652. The van der Waals surface area contributed by atoms with Crippen molar-refractivity contribution in [2.24, 2.45) is 0 Å². The molecule has 0 aliphatic rings. The van der Waals surface area contributed by atoms with Crippen LogP contribution in [-0.2, 0) is 0 Å². The number of rotatable bonds is 2. The van der Waals surface area contributed by atoms with E-state index in [0.29, 0.717) is 17.0 Å². The predicted molar refractivity (Wildman–Crippen MR) is 73.4 cm³/mol. The van der Waals surface area contributed by atoms with Crippen molar-refractivity contribution in [2.75, 3.05) is 0 Å². The summed E-state index contributed by atoms with van der Waals surface area (Å²) < 4.78 is 5.69. The number of fused-ring (bicyclic) bond motifs is 1. The molecule has 0 atom stereocenters. The number of aromatic nitrogens is 1. The first-order chi connectivity index (χ1) is 9.16. The van der Waals surface area contributed by atoms with Crippen LogP contribution < -0.4 is 0 Å². The lowest BCUT2D eigenvalue weighted by atomic mass is 10.1. The van der Waals surface area contributed by atoms with Gasteiger partial charge in [-0.1, -0.05) is 18.2 Å². The van der Waals surface area contributed by atoms with Crippen molar-refractivity contribution in [3.8, 4) is 0 Å². The second kappa shape index (κ2) is 4.35. The Bertz CT molecular complexity index is 771. The molecule has 1 aromatic carbocycles. The van der Waals surface area contributed by atoms with Gasteiger partial charge in [-0.05, 0) is 37.6 Å². The summed E-state index contributed by atoms with van der Waals surface area (Å²) in [5.41, 5.74) is 3.09. The van der Waals surface area contributed by atoms with Crippen LogP contribution in [0.4, 0.5) is 0 Å². The fourth-order valence-electron chi connectivity index (χ4n) is 2.18. The molecule has 2 heterocycles. The van der Waals surface area contributed by atoms with E-state index >= 15 is 0 Å². The molecule has 0 aliphatic carbocycles. The Morgan fingerprint density at radius 2 is 2.00 bits per heavy atom. The Kier molecular flexibility index (Phi) is 2.67. The van der Waals surface area contributed by atoms with E-state index in [1.54, 1.807) is 24.4 Å². The highest BCUT2D eigenvalue weighted by Gasteiger charge is 2.17. The van der Waals surface area contributed by atoms with Crippen LogP contribution in [0.5, 0.6) is 0 Å². The van der Waals surface area contributed by atoms with Gasteiger partial charge in [0.25, 0.3) is 0 Å². The minimum atomic E-state index is -0.124. The summed E-state index contributed by atoms with van der Waals surface area (Å²) in [7, 11) is 0. The van der Waals surface area contributed by atoms with Crippen molar-refractivity contribution in [1.29, 1.82) is 0 Å². The third-order valence-electron chi connectivity index (χ3n) is 3.22. The topological polar surface area (TPSA) is 43.1 Å². The number of benzene rings is 1. The maximum absolute atomic E-state index is 12.4. The Balaban J connectivity index is 2.12. The molecule has 0 unspecified atom stereocenters. The largest absolute Gasteiger partial charge is 0.452 e. The first kappa shape index (κ1) is 11.7. The third-order valence-corrected chi connectivity index (χ3v) is 3.22. The monoisotopic (exact) mass is 251 g/mol. The molecule has 0 spiro atoms. The number of aryl methyl sites for hydroxylation is 2. The number of carbonyl (C=O) groups is 1. The maximum Gasteiger partial charge on any atom is 0.230 e. The zero-order valence-corrected chi connectivity index (χ0v) is 10.8. The van der Waals surface area contributed by atoms with Gasteiger partial charge in [-0.2, -0.15) is 0 Å². The molecule has 0 fully saturated rings. The van der Waals surface area contributed by atoms with Gasteiger partial charge in [-0.15, -0.1) is 0 Å². The molecular weight excluding hydrogens is 238 g/mol. The zero-order chi connectivity index (χ0) is 13.4. The summed E-state index contributed by atoms with van der Waals surface area (Å²) >= 11 is 0. The van der Waals surface area contributed by atoms with Gasteiger partial charge in [0.05, 0.1) is 0 Å². The number of carbonyl (C=O) groups excluding carboxylic acids is 1. The van der Waals surface area contributed by atoms with Gasteiger partial charge in [-0.25, -0.2) is 0 Å². The number of pyridine rings is 1. The molecule has 94 valence electrons. The number of furan rings is 1. The van der Waals surface area contributed by atoms with Crippen molar-refractivity contribution in [1.82, 2.24) is 4.98 Å². The molecular formula is C16H13NO2. The fourth-order valence-corrected chi connectivity index (χ4v) is 2.18. The molecule has 0 saturated carbocycles. The lowest BCUT2D eigenvalue weighted by molar-refractivity contribution is 0.101. The lowest BCUT2D eigenvalue weighted by Crippen LogP contribution is -2.03. The van der Waals surface area contributed by atoms with Crippen LogP contribution in [0.2, 0.25) is 0 Å². The molecule has 0 saturated heterocycles. The average molecular weight is 251 g/mol. The second-order valence-corrected chi connectivity index (χ2v) is 4.57. The highest BCUT2D eigenvalue weighted by molar-refractivity contribution is 6.09. The van der Waals surface area contributed by atoms with E-state index in [-0.39, 0.29) is 5.78 Å². The first-order valence-corrected chi connectivity index (χ1v) is 6.12. The standard InChI is InChI=1S/C16H13NO2/c1-10-5-3-6-12-9-14(19-16(10)12)15(18)13-7-4-8-17-11(13)2/h3-9H,1-2H3. The molecule has 3 rings (SSSR count). The van der Waals surface area contributed by atoms with E-state index in [0.717, 1.165) is 16.5 Å². The molecule has 2 aromatic heterocycles. The first-order valence-electron chi connectivity index (χ1n) is 6.12. The van der Waals surface area contributed by atoms with Crippen LogP contribution in [0.25, 0.3) is 11.0 Å². The van der Waals surface area contributed by atoms with E-state index in [4.69, 9.17) is 4.42 Å². The van der Waals surface area contributed by atoms with Crippen molar-refractivity contribution >= 4 is 16.8 Å². The number of para-hydroxylation sites is 1. The highest BCUT2D eigenvalue weighted by Crippen LogP contribution is 2.24. The van der Waals surface area contributed by atoms with E-state index in [1.165, 1.54) is 0 Å². The van der Waals surface area contributed by atoms with Gasteiger partial charge in [0.15, 0.2) is 5.76 Å². The SMILES string of the molecule is Cc1ncccc1C(=O)c1cc2cccc(C)c2o1. The fraction of sp³-hybridized carbons (Fsp3) is 0.125.